The average molecular weight is 403 g/mol. The highest BCUT2D eigenvalue weighted by molar-refractivity contribution is 5.85. The van der Waals surface area contributed by atoms with Gasteiger partial charge in [0.2, 0.25) is 0 Å². The number of rotatable bonds is 4. The largest absolute Gasteiger partial charge is 0.206 e. The van der Waals surface area contributed by atoms with E-state index in [0.717, 1.165) is 43.4 Å². The maximum atomic E-state index is 15.2. The second-order valence-electron chi connectivity index (χ2n) is 9.57. The van der Waals surface area contributed by atoms with Gasteiger partial charge in [0, 0.05) is 0 Å². The predicted octanol–water partition coefficient (Wildman–Crippen LogP) is 8.45. The molecule has 2 aromatic rings. The highest BCUT2D eigenvalue weighted by atomic mass is 19.2. The zero-order valence-electron chi connectivity index (χ0n) is 17.7. The van der Waals surface area contributed by atoms with Crippen LogP contribution in [0.4, 0.5) is 13.2 Å². The number of benzene rings is 2. The summed E-state index contributed by atoms with van der Waals surface area (Å²) in [6, 6.07) is 5.09. The summed E-state index contributed by atoms with van der Waals surface area (Å²) < 4.78 is 43.6. The molecule has 158 valence electrons. The summed E-state index contributed by atoms with van der Waals surface area (Å²) in [6.07, 6.45) is 12.3. The van der Waals surface area contributed by atoms with Crippen LogP contribution >= 0.6 is 0 Å². The van der Waals surface area contributed by atoms with Crippen molar-refractivity contribution >= 4 is 10.8 Å². The molecular formula is C26H33F3. The van der Waals surface area contributed by atoms with Gasteiger partial charge in [0.1, 0.15) is 5.82 Å². The van der Waals surface area contributed by atoms with Crippen LogP contribution in [0.3, 0.4) is 0 Å². The molecule has 0 radical (unpaired) electrons. The van der Waals surface area contributed by atoms with Gasteiger partial charge in [-0.15, -0.1) is 0 Å². The molecule has 0 amide bonds. The van der Waals surface area contributed by atoms with Gasteiger partial charge < -0.3 is 0 Å². The summed E-state index contributed by atoms with van der Waals surface area (Å²) in [5.74, 6) is 0.110. The van der Waals surface area contributed by atoms with Crippen molar-refractivity contribution in [2.24, 2.45) is 17.8 Å². The first-order valence-electron chi connectivity index (χ1n) is 11.6. The molecule has 0 nitrogen and oxygen atoms in total. The lowest BCUT2D eigenvalue weighted by atomic mass is 9.68. The van der Waals surface area contributed by atoms with Crippen LogP contribution in [0, 0.1) is 42.1 Å². The van der Waals surface area contributed by atoms with E-state index >= 15 is 4.39 Å². The fourth-order valence-corrected chi connectivity index (χ4v) is 6.10. The molecule has 0 atom stereocenters. The summed E-state index contributed by atoms with van der Waals surface area (Å²) in [7, 11) is 0. The van der Waals surface area contributed by atoms with E-state index in [-0.39, 0.29) is 16.9 Å². The van der Waals surface area contributed by atoms with Gasteiger partial charge >= 0.3 is 0 Å². The molecule has 0 aliphatic heterocycles. The Kier molecular flexibility index (Phi) is 6.22. The van der Waals surface area contributed by atoms with Crippen molar-refractivity contribution in [2.75, 3.05) is 0 Å². The van der Waals surface area contributed by atoms with Crippen LogP contribution in [0.15, 0.2) is 18.2 Å². The van der Waals surface area contributed by atoms with Crippen molar-refractivity contribution in [1.29, 1.82) is 0 Å². The Morgan fingerprint density at radius 2 is 1.41 bits per heavy atom. The van der Waals surface area contributed by atoms with Gasteiger partial charge in [-0.25, -0.2) is 13.2 Å². The van der Waals surface area contributed by atoms with E-state index in [1.54, 1.807) is 12.1 Å². The molecule has 2 aromatic carbocycles. The SMILES string of the molecule is CCCC1CCC(C2CCC(c3ccc4cc(C)c(F)c(F)c4c3F)CC2)CC1. The van der Waals surface area contributed by atoms with E-state index < -0.39 is 17.5 Å². The Hall–Kier alpha value is -1.51. The molecule has 3 heteroatoms. The van der Waals surface area contributed by atoms with Crippen LogP contribution in [0.2, 0.25) is 0 Å². The molecule has 0 saturated heterocycles. The van der Waals surface area contributed by atoms with Crippen LogP contribution in [0.25, 0.3) is 10.8 Å². The standard InChI is InChI=1S/C26H33F3/c1-3-4-17-5-7-18(8-6-17)19-9-11-20(12-10-19)22-14-13-21-15-16(2)24(27)26(29)23(21)25(22)28/h13-15,17-20H,3-12H2,1-2H3. The Morgan fingerprint density at radius 3 is 2.03 bits per heavy atom. The first-order chi connectivity index (χ1) is 14.0. The quantitative estimate of drug-likeness (QED) is 0.481. The summed E-state index contributed by atoms with van der Waals surface area (Å²) in [4.78, 5) is 0. The van der Waals surface area contributed by atoms with Crippen molar-refractivity contribution in [3.63, 3.8) is 0 Å². The maximum absolute atomic E-state index is 15.2. The van der Waals surface area contributed by atoms with Crippen LogP contribution in [0.5, 0.6) is 0 Å². The number of hydrogen-bond acceptors (Lipinski definition) is 0. The molecule has 0 aromatic heterocycles. The van der Waals surface area contributed by atoms with E-state index in [1.807, 2.05) is 0 Å². The van der Waals surface area contributed by atoms with Crippen LogP contribution in [0.1, 0.15) is 88.2 Å². The fraction of sp³-hybridized carbons (Fsp3) is 0.615. The summed E-state index contributed by atoms with van der Waals surface area (Å²) >= 11 is 0. The molecule has 2 saturated carbocycles. The van der Waals surface area contributed by atoms with E-state index in [0.29, 0.717) is 10.9 Å². The average Bonchev–Trinajstić information content (AvgIpc) is 2.73. The van der Waals surface area contributed by atoms with Crippen molar-refractivity contribution in [1.82, 2.24) is 0 Å². The third-order valence-electron chi connectivity index (χ3n) is 7.80. The van der Waals surface area contributed by atoms with Crippen LogP contribution in [-0.4, -0.2) is 0 Å². The van der Waals surface area contributed by atoms with Gasteiger partial charge in [-0.3, -0.25) is 0 Å². The second-order valence-corrected chi connectivity index (χ2v) is 9.57. The zero-order valence-corrected chi connectivity index (χ0v) is 17.7. The molecule has 0 spiro atoms. The third kappa shape index (κ3) is 4.07. The summed E-state index contributed by atoms with van der Waals surface area (Å²) in [5.41, 5.74) is 0.793. The van der Waals surface area contributed by atoms with E-state index in [1.165, 1.54) is 51.5 Å². The summed E-state index contributed by atoms with van der Waals surface area (Å²) in [5, 5.41) is 0.266. The molecule has 2 aliphatic carbocycles. The maximum Gasteiger partial charge on any atom is 0.169 e. The molecule has 0 unspecified atom stereocenters. The van der Waals surface area contributed by atoms with Crippen LogP contribution < -0.4 is 0 Å². The Balaban J connectivity index is 1.45. The van der Waals surface area contributed by atoms with Crippen molar-refractivity contribution < 1.29 is 13.2 Å². The lowest BCUT2D eigenvalue weighted by Gasteiger charge is -2.38. The lowest BCUT2D eigenvalue weighted by Crippen LogP contribution is -2.25. The molecule has 4 rings (SSSR count). The molecule has 0 N–H and O–H groups in total. The number of aryl methyl sites for hydroxylation is 1. The molecular weight excluding hydrogens is 369 g/mol. The van der Waals surface area contributed by atoms with Crippen molar-refractivity contribution in [3.8, 4) is 0 Å². The topological polar surface area (TPSA) is 0 Å². The summed E-state index contributed by atoms with van der Waals surface area (Å²) in [6.45, 7) is 3.79. The van der Waals surface area contributed by atoms with E-state index in [4.69, 9.17) is 0 Å². The number of halogens is 3. The van der Waals surface area contributed by atoms with Gasteiger partial charge in [0.15, 0.2) is 11.6 Å². The highest BCUT2D eigenvalue weighted by Crippen LogP contribution is 2.45. The van der Waals surface area contributed by atoms with E-state index in [2.05, 4.69) is 6.92 Å². The van der Waals surface area contributed by atoms with Gasteiger partial charge in [0.25, 0.3) is 0 Å². The molecule has 29 heavy (non-hydrogen) atoms. The van der Waals surface area contributed by atoms with Gasteiger partial charge in [0.05, 0.1) is 5.39 Å². The Bertz CT molecular complexity index is 856. The van der Waals surface area contributed by atoms with Gasteiger partial charge in [-0.2, -0.15) is 0 Å². The lowest BCUT2D eigenvalue weighted by molar-refractivity contribution is 0.156. The second kappa shape index (κ2) is 8.70. The first kappa shape index (κ1) is 20.8. The zero-order chi connectivity index (χ0) is 20.5. The molecule has 0 bridgehead atoms. The van der Waals surface area contributed by atoms with Crippen LogP contribution in [-0.2, 0) is 0 Å². The monoisotopic (exact) mass is 402 g/mol. The van der Waals surface area contributed by atoms with E-state index in [9.17, 15) is 8.78 Å². The van der Waals surface area contributed by atoms with Gasteiger partial charge in [-0.05, 0) is 91.7 Å². The minimum absolute atomic E-state index is 0.121. The fourth-order valence-electron chi connectivity index (χ4n) is 6.10. The number of hydrogen-bond donors (Lipinski definition) is 0. The minimum atomic E-state index is -1.04. The first-order valence-corrected chi connectivity index (χ1v) is 11.6. The Morgan fingerprint density at radius 1 is 0.793 bits per heavy atom. The smallest absolute Gasteiger partial charge is 0.169 e. The molecule has 0 heterocycles. The molecule has 2 aliphatic rings. The minimum Gasteiger partial charge on any atom is -0.206 e. The number of fused-ring (bicyclic) bond motifs is 1. The molecule has 2 fully saturated rings. The third-order valence-corrected chi connectivity index (χ3v) is 7.80. The van der Waals surface area contributed by atoms with Gasteiger partial charge in [-0.1, -0.05) is 44.7 Å². The normalized spacial score (nSPS) is 28.0. The van der Waals surface area contributed by atoms with Crippen molar-refractivity contribution in [2.45, 2.75) is 84.0 Å². The highest BCUT2D eigenvalue weighted by Gasteiger charge is 2.32. The predicted molar refractivity (Wildman–Crippen MR) is 114 cm³/mol. The Labute approximate surface area is 172 Å². The van der Waals surface area contributed by atoms with Crippen molar-refractivity contribution in [3.05, 3.63) is 46.8 Å².